The van der Waals surface area contributed by atoms with Gasteiger partial charge in [-0.2, -0.15) is 0 Å². The first-order chi connectivity index (χ1) is 8.13. The van der Waals surface area contributed by atoms with Crippen LogP contribution in [0.5, 0.6) is 0 Å². The highest BCUT2D eigenvalue weighted by Crippen LogP contribution is 2.19. The molecule has 1 amide bonds. The molecule has 0 aliphatic heterocycles. The molecule has 0 fully saturated rings. The van der Waals surface area contributed by atoms with Crippen LogP contribution in [0.1, 0.15) is 51.1 Å². The molecule has 1 aromatic carbocycles. The van der Waals surface area contributed by atoms with Crippen molar-refractivity contribution in [3.63, 3.8) is 0 Å². The van der Waals surface area contributed by atoms with Crippen molar-refractivity contribution < 1.29 is 4.79 Å². The highest BCUT2D eigenvalue weighted by atomic mass is 16.1. The van der Waals surface area contributed by atoms with Crippen LogP contribution >= 0.6 is 0 Å². The van der Waals surface area contributed by atoms with Crippen LogP contribution in [-0.2, 0) is 4.79 Å². The average molecular weight is 234 g/mol. The number of nitrogens with two attached hydrogens (primary N) is 1. The maximum atomic E-state index is 10.9. The summed E-state index contributed by atoms with van der Waals surface area (Å²) >= 11 is 0. The zero-order valence-corrected chi connectivity index (χ0v) is 10.7. The molecule has 94 valence electrons. The van der Waals surface area contributed by atoms with E-state index in [4.69, 9.17) is 5.73 Å². The van der Waals surface area contributed by atoms with E-state index in [-0.39, 0.29) is 11.9 Å². The molecule has 0 bridgehead atoms. The second-order valence-electron chi connectivity index (χ2n) is 4.41. The SMILES string of the molecule is CCCCC[C@H](N)c1ccc(NC(C)=O)cc1. The van der Waals surface area contributed by atoms with E-state index < -0.39 is 0 Å². The van der Waals surface area contributed by atoms with Crippen molar-refractivity contribution in [2.45, 2.75) is 45.6 Å². The van der Waals surface area contributed by atoms with Crippen molar-refractivity contribution in [2.24, 2.45) is 5.73 Å². The number of amides is 1. The van der Waals surface area contributed by atoms with Crippen LogP contribution in [0.3, 0.4) is 0 Å². The minimum Gasteiger partial charge on any atom is -0.326 e. The number of nitrogens with one attached hydrogen (secondary N) is 1. The van der Waals surface area contributed by atoms with Gasteiger partial charge in [0, 0.05) is 18.7 Å². The summed E-state index contributed by atoms with van der Waals surface area (Å²) in [6.45, 7) is 3.69. The first-order valence-corrected chi connectivity index (χ1v) is 6.26. The van der Waals surface area contributed by atoms with Crippen LogP contribution in [0.4, 0.5) is 5.69 Å². The molecule has 1 atom stereocenters. The molecule has 0 aromatic heterocycles. The van der Waals surface area contributed by atoms with Gasteiger partial charge in [0.1, 0.15) is 0 Å². The molecule has 1 rings (SSSR count). The molecule has 0 unspecified atom stereocenters. The van der Waals surface area contributed by atoms with Crippen LogP contribution in [0.2, 0.25) is 0 Å². The van der Waals surface area contributed by atoms with E-state index in [0.29, 0.717) is 0 Å². The lowest BCUT2D eigenvalue weighted by molar-refractivity contribution is -0.114. The van der Waals surface area contributed by atoms with Gasteiger partial charge in [-0.3, -0.25) is 4.79 Å². The third-order valence-electron chi connectivity index (χ3n) is 2.78. The highest BCUT2D eigenvalue weighted by molar-refractivity contribution is 5.88. The molecule has 0 saturated carbocycles. The third-order valence-corrected chi connectivity index (χ3v) is 2.78. The molecule has 0 radical (unpaired) electrons. The minimum atomic E-state index is -0.0509. The average Bonchev–Trinajstić information content (AvgIpc) is 2.29. The number of hydrogen-bond donors (Lipinski definition) is 2. The van der Waals surface area contributed by atoms with Gasteiger partial charge in [-0.25, -0.2) is 0 Å². The molecule has 1 aromatic rings. The summed E-state index contributed by atoms with van der Waals surface area (Å²) in [5.74, 6) is -0.0509. The van der Waals surface area contributed by atoms with E-state index in [1.165, 1.54) is 26.2 Å². The number of anilines is 1. The van der Waals surface area contributed by atoms with E-state index in [2.05, 4.69) is 12.2 Å². The topological polar surface area (TPSA) is 55.1 Å². The van der Waals surface area contributed by atoms with E-state index in [0.717, 1.165) is 17.7 Å². The lowest BCUT2D eigenvalue weighted by atomic mass is 10.0. The normalized spacial score (nSPS) is 12.2. The number of benzene rings is 1. The Bertz CT molecular complexity index is 346. The summed E-state index contributed by atoms with van der Waals surface area (Å²) in [5.41, 5.74) is 8.06. The molecule has 17 heavy (non-hydrogen) atoms. The Hall–Kier alpha value is -1.35. The Morgan fingerprint density at radius 2 is 1.94 bits per heavy atom. The van der Waals surface area contributed by atoms with Crippen LogP contribution < -0.4 is 11.1 Å². The maximum absolute atomic E-state index is 10.9. The van der Waals surface area contributed by atoms with Gasteiger partial charge < -0.3 is 11.1 Å². The van der Waals surface area contributed by atoms with Crippen molar-refractivity contribution in [1.82, 2.24) is 0 Å². The Labute approximate surface area is 103 Å². The fourth-order valence-corrected chi connectivity index (χ4v) is 1.80. The zero-order valence-electron chi connectivity index (χ0n) is 10.7. The number of carbonyl (C=O) groups is 1. The number of rotatable bonds is 6. The fraction of sp³-hybridized carbons (Fsp3) is 0.500. The largest absolute Gasteiger partial charge is 0.326 e. The summed E-state index contributed by atoms with van der Waals surface area (Å²) in [6.07, 6.45) is 4.64. The van der Waals surface area contributed by atoms with E-state index in [1.54, 1.807) is 0 Å². The lowest BCUT2D eigenvalue weighted by Gasteiger charge is -2.12. The summed E-state index contributed by atoms with van der Waals surface area (Å²) in [6, 6.07) is 7.88. The number of unbranched alkanes of at least 4 members (excludes halogenated alkanes) is 2. The van der Waals surface area contributed by atoms with E-state index >= 15 is 0 Å². The van der Waals surface area contributed by atoms with Crippen molar-refractivity contribution in [2.75, 3.05) is 5.32 Å². The third kappa shape index (κ3) is 5.00. The van der Waals surface area contributed by atoms with Crippen LogP contribution in [0.15, 0.2) is 24.3 Å². The van der Waals surface area contributed by atoms with Crippen molar-refractivity contribution >= 4 is 11.6 Å². The fourth-order valence-electron chi connectivity index (χ4n) is 1.80. The van der Waals surface area contributed by atoms with Gasteiger partial charge in [0.25, 0.3) is 0 Å². The summed E-state index contributed by atoms with van der Waals surface area (Å²) in [4.78, 5) is 10.9. The second-order valence-corrected chi connectivity index (χ2v) is 4.41. The molecular formula is C14H22N2O. The van der Waals surface area contributed by atoms with Crippen LogP contribution in [-0.4, -0.2) is 5.91 Å². The summed E-state index contributed by atoms with van der Waals surface area (Å²) in [5, 5.41) is 2.74. The van der Waals surface area contributed by atoms with Crippen LogP contribution in [0, 0.1) is 0 Å². The van der Waals surface area contributed by atoms with E-state index in [9.17, 15) is 4.79 Å². The Balaban J connectivity index is 2.51. The molecule has 0 heterocycles. The van der Waals surface area contributed by atoms with Crippen molar-refractivity contribution in [3.8, 4) is 0 Å². The van der Waals surface area contributed by atoms with Gasteiger partial charge in [0.2, 0.25) is 5.91 Å². The molecule has 3 heteroatoms. The molecule has 0 aliphatic rings. The molecule has 0 saturated heterocycles. The molecule has 3 N–H and O–H groups in total. The van der Waals surface area contributed by atoms with Gasteiger partial charge in [-0.1, -0.05) is 38.3 Å². The Morgan fingerprint density at radius 1 is 1.29 bits per heavy atom. The van der Waals surface area contributed by atoms with Gasteiger partial charge in [-0.05, 0) is 24.1 Å². The molecule has 0 aliphatic carbocycles. The Kier molecular flexibility index (Phi) is 5.70. The smallest absolute Gasteiger partial charge is 0.221 e. The standard InChI is InChI=1S/C14H22N2O/c1-3-4-5-6-14(15)12-7-9-13(10-8-12)16-11(2)17/h7-10,14H,3-6,15H2,1-2H3,(H,16,17)/t14-/m0/s1. The maximum Gasteiger partial charge on any atom is 0.221 e. The lowest BCUT2D eigenvalue weighted by Crippen LogP contribution is -2.10. The van der Waals surface area contributed by atoms with Gasteiger partial charge >= 0.3 is 0 Å². The second kappa shape index (κ2) is 7.07. The molecule has 0 spiro atoms. The highest BCUT2D eigenvalue weighted by Gasteiger charge is 2.05. The quantitative estimate of drug-likeness (QED) is 0.742. The molecular weight excluding hydrogens is 212 g/mol. The molecule has 3 nitrogen and oxygen atoms in total. The summed E-state index contributed by atoms with van der Waals surface area (Å²) in [7, 11) is 0. The predicted molar refractivity (Wildman–Crippen MR) is 71.8 cm³/mol. The number of hydrogen-bond acceptors (Lipinski definition) is 2. The van der Waals surface area contributed by atoms with Crippen LogP contribution in [0.25, 0.3) is 0 Å². The minimum absolute atomic E-state index is 0.0509. The van der Waals surface area contributed by atoms with Crippen molar-refractivity contribution in [1.29, 1.82) is 0 Å². The summed E-state index contributed by atoms with van der Waals surface area (Å²) < 4.78 is 0. The monoisotopic (exact) mass is 234 g/mol. The van der Waals surface area contributed by atoms with Gasteiger partial charge in [-0.15, -0.1) is 0 Å². The van der Waals surface area contributed by atoms with E-state index in [1.807, 2.05) is 24.3 Å². The first kappa shape index (κ1) is 13.7. The van der Waals surface area contributed by atoms with Crippen molar-refractivity contribution in [3.05, 3.63) is 29.8 Å². The first-order valence-electron chi connectivity index (χ1n) is 6.26. The zero-order chi connectivity index (χ0) is 12.7. The van der Waals surface area contributed by atoms with Gasteiger partial charge in [0.15, 0.2) is 0 Å². The number of carbonyl (C=O) groups excluding carboxylic acids is 1. The predicted octanol–water partition coefficient (Wildman–Crippen LogP) is 3.23. The van der Waals surface area contributed by atoms with Gasteiger partial charge in [0.05, 0.1) is 0 Å². The Morgan fingerprint density at radius 3 is 2.47 bits per heavy atom.